The molecular formula is C20H13BrClN3O2S. The number of hydrogen-bond acceptors (Lipinski definition) is 6. The van der Waals surface area contributed by atoms with Gasteiger partial charge < -0.3 is 4.42 Å². The Morgan fingerprint density at radius 2 is 2.00 bits per heavy atom. The molecule has 8 heteroatoms. The monoisotopic (exact) mass is 473 g/mol. The van der Waals surface area contributed by atoms with E-state index < -0.39 is 5.63 Å². The molecule has 2 aromatic heterocycles. The van der Waals surface area contributed by atoms with Crippen molar-refractivity contribution in [1.82, 2.24) is 4.98 Å². The number of hydrogen-bond donors (Lipinski definition) is 1. The van der Waals surface area contributed by atoms with Gasteiger partial charge in [-0.1, -0.05) is 39.7 Å². The second-order valence-corrected chi connectivity index (χ2v) is 8.19. The fourth-order valence-corrected chi connectivity index (χ4v) is 3.78. The van der Waals surface area contributed by atoms with Gasteiger partial charge >= 0.3 is 5.63 Å². The van der Waals surface area contributed by atoms with Crippen LogP contribution in [0.15, 0.2) is 72.7 Å². The van der Waals surface area contributed by atoms with Crippen LogP contribution in [0.2, 0.25) is 5.02 Å². The Morgan fingerprint density at radius 1 is 1.21 bits per heavy atom. The molecule has 4 rings (SSSR count). The molecule has 0 fully saturated rings. The van der Waals surface area contributed by atoms with Gasteiger partial charge in [0.05, 0.1) is 17.0 Å². The summed E-state index contributed by atoms with van der Waals surface area (Å²) in [5.41, 5.74) is 5.71. The minimum Gasteiger partial charge on any atom is -0.422 e. The summed E-state index contributed by atoms with van der Waals surface area (Å²) in [5, 5.41) is 8.35. The van der Waals surface area contributed by atoms with Crippen molar-refractivity contribution < 1.29 is 4.42 Å². The Hall–Kier alpha value is -2.48. The summed E-state index contributed by atoms with van der Waals surface area (Å²) in [6, 6.07) is 14.7. The number of anilines is 1. The van der Waals surface area contributed by atoms with Crippen LogP contribution in [0.5, 0.6) is 0 Å². The van der Waals surface area contributed by atoms with Crippen molar-refractivity contribution in [2.45, 2.75) is 6.92 Å². The first-order valence-electron chi connectivity index (χ1n) is 8.25. The molecular weight excluding hydrogens is 462 g/mol. The van der Waals surface area contributed by atoms with Crippen LogP contribution in [0, 0.1) is 0 Å². The third kappa shape index (κ3) is 4.01. The molecule has 140 valence electrons. The van der Waals surface area contributed by atoms with Crippen LogP contribution in [-0.2, 0) is 0 Å². The Morgan fingerprint density at radius 3 is 2.79 bits per heavy atom. The van der Waals surface area contributed by atoms with Crippen LogP contribution >= 0.6 is 38.9 Å². The molecule has 0 bridgehead atoms. The Labute approximate surface area is 177 Å². The van der Waals surface area contributed by atoms with Gasteiger partial charge in [0.25, 0.3) is 0 Å². The molecule has 0 saturated heterocycles. The first-order chi connectivity index (χ1) is 13.5. The SMILES string of the molecule is C/C(=N/Nc1nc(-c2ccc(Cl)cc2)cs1)c1cc2cc(Br)ccc2oc1=O. The van der Waals surface area contributed by atoms with Crippen molar-refractivity contribution in [3.8, 4) is 11.3 Å². The van der Waals surface area contributed by atoms with Crippen molar-refractivity contribution in [3.05, 3.63) is 79.4 Å². The van der Waals surface area contributed by atoms with Crippen LogP contribution in [0.3, 0.4) is 0 Å². The van der Waals surface area contributed by atoms with Crippen LogP contribution in [0.25, 0.3) is 22.2 Å². The molecule has 5 nitrogen and oxygen atoms in total. The number of nitrogens with zero attached hydrogens (tertiary/aromatic N) is 2. The number of aromatic nitrogens is 1. The molecule has 2 aromatic carbocycles. The highest BCUT2D eigenvalue weighted by atomic mass is 79.9. The molecule has 0 spiro atoms. The van der Waals surface area contributed by atoms with E-state index in [1.807, 2.05) is 41.8 Å². The lowest BCUT2D eigenvalue weighted by atomic mass is 10.1. The van der Waals surface area contributed by atoms with Gasteiger partial charge in [0.1, 0.15) is 5.58 Å². The quantitative estimate of drug-likeness (QED) is 0.218. The summed E-state index contributed by atoms with van der Waals surface area (Å²) in [5.74, 6) is 0. The van der Waals surface area contributed by atoms with Gasteiger partial charge in [0, 0.05) is 25.8 Å². The van der Waals surface area contributed by atoms with E-state index in [1.54, 1.807) is 19.1 Å². The van der Waals surface area contributed by atoms with Gasteiger partial charge in [-0.25, -0.2) is 9.78 Å². The van der Waals surface area contributed by atoms with Gasteiger partial charge in [-0.3, -0.25) is 5.43 Å². The van der Waals surface area contributed by atoms with Crippen molar-refractivity contribution in [1.29, 1.82) is 0 Å². The molecule has 2 heterocycles. The first-order valence-corrected chi connectivity index (χ1v) is 10.3. The molecule has 0 unspecified atom stereocenters. The van der Waals surface area contributed by atoms with E-state index in [0.717, 1.165) is 21.1 Å². The fraction of sp³-hybridized carbons (Fsp3) is 0.0500. The average molecular weight is 475 g/mol. The van der Waals surface area contributed by atoms with Gasteiger partial charge in [0.15, 0.2) is 0 Å². The Balaban J connectivity index is 1.58. The van der Waals surface area contributed by atoms with E-state index in [4.69, 9.17) is 16.0 Å². The summed E-state index contributed by atoms with van der Waals surface area (Å²) in [6.45, 7) is 1.75. The van der Waals surface area contributed by atoms with Gasteiger partial charge in [-0.05, 0) is 43.3 Å². The maximum absolute atomic E-state index is 12.3. The van der Waals surface area contributed by atoms with E-state index >= 15 is 0 Å². The zero-order valence-corrected chi connectivity index (χ0v) is 17.7. The number of fused-ring (bicyclic) bond motifs is 1. The number of halogens is 2. The van der Waals surface area contributed by atoms with Gasteiger partial charge in [0.2, 0.25) is 5.13 Å². The largest absolute Gasteiger partial charge is 0.422 e. The molecule has 0 radical (unpaired) electrons. The number of rotatable bonds is 4. The molecule has 0 aliphatic rings. The lowest BCUT2D eigenvalue weighted by Crippen LogP contribution is -2.13. The van der Waals surface area contributed by atoms with Crippen molar-refractivity contribution in [3.63, 3.8) is 0 Å². The first kappa shape index (κ1) is 18.9. The molecule has 0 amide bonds. The summed E-state index contributed by atoms with van der Waals surface area (Å²) < 4.78 is 6.29. The molecule has 0 aliphatic heterocycles. The number of benzene rings is 2. The fourth-order valence-electron chi connectivity index (χ4n) is 2.62. The van der Waals surface area contributed by atoms with Gasteiger partial charge in [-0.2, -0.15) is 5.10 Å². The van der Waals surface area contributed by atoms with Crippen LogP contribution in [0.4, 0.5) is 5.13 Å². The number of nitrogens with one attached hydrogen (secondary N) is 1. The average Bonchev–Trinajstić information content (AvgIpc) is 3.15. The minimum atomic E-state index is -0.432. The Kier molecular flexibility index (Phi) is 5.30. The highest BCUT2D eigenvalue weighted by Gasteiger charge is 2.10. The second-order valence-electron chi connectivity index (χ2n) is 5.98. The topological polar surface area (TPSA) is 67.5 Å². The van der Waals surface area contributed by atoms with E-state index in [-0.39, 0.29) is 0 Å². The lowest BCUT2D eigenvalue weighted by Gasteiger charge is -2.03. The number of thiazole rings is 1. The third-order valence-electron chi connectivity index (χ3n) is 4.05. The summed E-state index contributed by atoms with van der Waals surface area (Å²) in [6.07, 6.45) is 0. The standard InChI is InChI=1S/C20H13BrClN3O2S/c1-11(16-9-13-8-14(21)4-7-18(13)27-19(16)26)24-25-20-23-17(10-28-20)12-2-5-15(22)6-3-12/h2-10H,1H3,(H,23,25)/b24-11-. The Bertz CT molecular complexity index is 1250. The zero-order chi connectivity index (χ0) is 19.7. The van der Waals surface area contributed by atoms with Crippen LogP contribution < -0.4 is 11.1 Å². The van der Waals surface area contributed by atoms with Crippen LogP contribution in [-0.4, -0.2) is 10.7 Å². The minimum absolute atomic E-state index is 0.396. The molecule has 0 saturated carbocycles. The highest BCUT2D eigenvalue weighted by molar-refractivity contribution is 9.10. The predicted molar refractivity (Wildman–Crippen MR) is 119 cm³/mol. The van der Waals surface area contributed by atoms with Gasteiger partial charge in [-0.15, -0.1) is 11.3 Å². The molecule has 0 aliphatic carbocycles. The molecule has 0 atom stereocenters. The van der Waals surface area contributed by atoms with Crippen LogP contribution in [0.1, 0.15) is 12.5 Å². The third-order valence-corrected chi connectivity index (χ3v) is 5.54. The predicted octanol–water partition coefficient (Wildman–Crippen LogP) is 6.17. The normalized spacial score (nSPS) is 11.8. The van der Waals surface area contributed by atoms with Crippen molar-refractivity contribution >= 4 is 60.7 Å². The molecule has 28 heavy (non-hydrogen) atoms. The van der Waals surface area contributed by atoms with Crippen molar-refractivity contribution in [2.75, 3.05) is 5.43 Å². The maximum atomic E-state index is 12.3. The summed E-state index contributed by atoms with van der Waals surface area (Å²) >= 11 is 10.8. The van der Waals surface area contributed by atoms with E-state index in [1.165, 1.54) is 11.3 Å². The highest BCUT2D eigenvalue weighted by Crippen LogP contribution is 2.26. The van der Waals surface area contributed by atoms with E-state index in [2.05, 4.69) is 31.4 Å². The van der Waals surface area contributed by atoms with E-state index in [0.29, 0.717) is 27.0 Å². The smallest absolute Gasteiger partial charge is 0.345 e. The lowest BCUT2D eigenvalue weighted by molar-refractivity contribution is 0.559. The second kappa shape index (κ2) is 7.87. The summed E-state index contributed by atoms with van der Waals surface area (Å²) in [7, 11) is 0. The number of hydrazone groups is 1. The molecule has 1 N–H and O–H groups in total. The van der Waals surface area contributed by atoms with Crippen molar-refractivity contribution in [2.24, 2.45) is 5.10 Å². The molecule has 4 aromatic rings. The van der Waals surface area contributed by atoms with E-state index in [9.17, 15) is 4.79 Å². The summed E-state index contributed by atoms with van der Waals surface area (Å²) in [4.78, 5) is 16.8. The zero-order valence-electron chi connectivity index (χ0n) is 14.6. The maximum Gasteiger partial charge on any atom is 0.345 e.